The molecule has 0 amide bonds. The van der Waals surface area contributed by atoms with E-state index in [0.29, 0.717) is 13.0 Å². The van der Waals surface area contributed by atoms with Crippen LogP contribution in [0.1, 0.15) is 162 Å². The third-order valence-electron chi connectivity index (χ3n) is 10.1. The van der Waals surface area contributed by atoms with Gasteiger partial charge >= 0.3 is 13.8 Å². The number of phosphoric acid groups is 1. The Bertz CT molecular complexity index is 1200. The van der Waals surface area contributed by atoms with Crippen LogP contribution in [0.25, 0.3) is 0 Å². The number of ether oxygens (including phenoxy) is 2. The number of aliphatic hydroxyl groups excluding tert-OH is 5. The fourth-order valence-electron chi connectivity index (χ4n) is 6.52. The van der Waals surface area contributed by atoms with Crippen LogP contribution in [0.15, 0.2) is 60.8 Å². The maximum Gasteiger partial charge on any atom is 0.472 e. The van der Waals surface area contributed by atoms with Crippen LogP contribution in [0.2, 0.25) is 0 Å². The molecule has 0 aromatic carbocycles. The van der Waals surface area contributed by atoms with Gasteiger partial charge in [0.05, 0.1) is 13.2 Å². The second-order valence-electron chi connectivity index (χ2n) is 15.5. The average molecular weight is 857 g/mol. The fourth-order valence-corrected chi connectivity index (χ4v) is 7.49. The predicted octanol–water partition coefficient (Wildman–Crippen LogP) is 9.03. The van der Waals surface area contributed by atoms with Crippen LogP contribution < -0.4 is 0 Å². The van der Waals surface area contributed by atoms with Crippen molar-refractivity contribution in [3.05, 3.63) is 60.8 Å². The molecule has 12 nitrogen and oxygen atoms in total. The Hall–Kier alpha value is -1.96. The number of hydrogen-bond acceptors (Lipinski definition) is 11. The highest BCUT2D eigenvalue weighted by Gasteiger charge is 2.51. The fraction of sp³-hybridized carbons (Fsp3) is 0.761. The van der Waals surface area contributed by atoms with E-state index in [0.717, 1.165) is 89.9 Å². The van der Waals surface area contributed by atoms with E-state index in [-0.39, 0.29) is 13.0 Å². The Morgan fingerprint density at radius 2 is 1.00 bits per heavy atom. The third-order valence-corrected chi connectivity index (χ3v) is 11.1. The molecule has 6 atom stereocenters. The van der Waals surface area contributed by atoms with Crippen LogP contribution in [0, 0.1) is 0 Å². The number of unbranched alkanes of at least 4 members (excludes halogenated alkanes) is 15. The van der Waals surface area contributed by atoms with Crippen molar-refractivity contribution >= 4 is 13.8 Å². The van der Waals surface area contributed by atoms with Crippen LogP contribution in [-0.4, -0.2) is 98.9 Å². The van der Waals surface area contributed by atoms with Gasteiger partial charge in [0.25, 0.3) is 0 Å². The van der Waals surface area contributed by atoms with Crippen molar-refractivity contribution in [2.75, 3.05) is 19.8 Å². The summed E-state index contributed by atoms with van der Waals surface area (Å²) in [5, 5.41) is 50.1. The van der Waals surface area contributed by atoms with Crippen LogP contribution >= 0.6 is 7.82 Å². The SMILES string of the molecule is CC/C=C\C/C=C\C/C=C\C/C=C\CCCCCOCC(COP(=O)(O)OC1C(O)C(O)C(O)C(O)C1O)OC(=O)CCCCCCC/C=C\CCCCCCCCC. The molecule has 1 fully saturated rings. The lowest BCUT2D eigenvalue weighted by Gasteiger charge is -2.41. The van der Waals surface area contributed by atoms with Gasteiger partial charge in [-0.05, 0) is 77.0 Å². The predicted molar refractivity (Wildman–Crippen MR) is 235 cm³/mol. The van der Waals surface area contributed by atoms with E-state index in [1.807, 2.05) is 0 Å². The number of carbonyl (C=O) groups excluding carboxylic acids is 1. The zero-order valence-corrected chi connectivity index (χ0v) is 37.2. The summed E-state index contributed by atoms with van der Waals surface area (Å²) in [6, 6.07) is 0. The lowest BCUT2D eigenvalue weighted by Crippen LogP contribution is -2.64. The Morgan fingerprint density at radius 3 is 1.54 bits per heavy atom. The van der Waals surface area contributed by atoms with E-state index in [2.05, 4.69) is 74.6 Å². The molecule has 0 bridgehead atoms. The highest BCUT2D eigenvalue weighted by atomic mass is 31.2. The second kappa shape index (κ2) is 36.7. The van der Waals surface area contributed by atoms with Crippen molar-refractivity contribution in [3.8, 4) is 0 Å². The minimum Gasteiger partial charge on any atom is -0.457 e. The average Bonchev–Trinajstić information content (AvgIpc) is 3.22. The van der Waals surface area contributed by atoms with Crippen LogP contribution in [0.5, 0.6) is 0 Å². The number of aliphatic hydroxyl groups is 5. The smallest absolute Gasteiger partial charge is 0.457 e. The first-order valence-corrected chi connectivity index (χ1v) is 24.1. The largest absolute Gasteiger partial charge is 0.472 e. The normalized spacial score (nSPS) is 23.1. The van der Waals surface area contributed by atoms with E-state index in [9.17, 15) is 39.8 Å². The third kappa shape index (κ3) is 29.1. The summed E-state index contributed by atoms with van der Waals surface area (Å²) in [4.78, 5) is 23.1. The number of phosphoric ester groups is 1. The number of allylic oxidation sites excluding steroid dienone is 10. The Balaban J connectivity index is 2.45. The summed E-state index contributed by atoms with van der Waals surface area (Å²) in [6.07, 6.45) is 32.9. The van der Waals surface area contributed by atoms with Crippen molar-refractivity contribution in [1.82, 2.24) is 0 Å². The maximum absolute atomic E-state index is 12.8. The summed E-state index contributed by atoms with van der Waals surface area (Å²) >= 11 is 0. The summed E-state index contributed by atoms with van der Waals surface area (Å²) in [6.45, 7) is 4.05. The van der Waals surface area contributed by atoms with Crippen molar-refractivity contribution in [2.45, 2.75) is 204 Å². The van der Waals surface area contributed by atoms with Crippen LogP contribution in [0.3, 0.4) is 0 Å². The molecule has 1 saturated carbocycles. The molecule has 1 aliphatic carbocycles. The number of rotatable bonds is 37. The highest BCUT2D eigenvalue weighted by molar-refractivity contribution is 7.47. The zero-order valence-electron chi connectivity index (χ0n) is 36.3. The number of carbonyl (C=O) groups is 1. The molecule has 13 heteroatoms. The van der Waals surface area contributed by atoms with E-state index < -0.39 is 63.1 Å². The highest BCUT2D eigenvalue weighted by Crippen LogP contribution is 2.47. The first-order chi connectivity index (χ1) is 28.5. The Labute approximate surface area is 356 Å². The summed E-state index contributed by atoms with van der Waals surface area (Å²) in [5.41, 5.74) is 0. The molecule has 0 aromatic rings. The van der Waals surface area contributed by atoms with Gasteiger partial charge in [0.15, 0.2) is 0 Å². The zero-order chi connectivity index (χ0) is 43.4. The number of esters is 1. The standard InChI is InChI=1S/C46H81O12P/c1-3-5-7-9-11-13-15-17-19-21-23-25-27-29-31-33-35-40(47)57-39(38-56-59(53,54)58-46-44(51)42(49)41(48)43(50)45(46)52)37-55-36-34-32-30-28-26-24-22-20-18-16-14-12-10-8-6-4-2/h6,8,12,14,18-21,24,26,39,41-46,48-52H,3-5,7,9-11,13,15-17,22-23,25,27-38H2,1-2H3,(H,53,54)/b8-6-,14-12-,20-18-,21-19-,26-24-. The van der Waals surface area contributed by atoms with Gasteiger partial charge in [-0.25, -0.2) is 4.57 Å². The molecule has 0 aliphatic heterocycles. The lowest BCUT2D eigenvalue weighted by atomic mass is 9.85. The van der Waals surface area contributed by atoms with Gasteiger partial charge in [0.2, 0.25) is 0 Å². The van der Waals surface area contributed by atoms with E-state index in [1.165, 1.54) is 44.9 Å². The molecule has 0 saturated heterocycles. The first-order valence-electron chi connectivity index (χ1n) is 22.6. The lowest BCUT2D eigenvalue weighted by molar-refractivity contribution is -0.220. The van der Waals surface area contributed by atoms with Gasteiger partial charge in [0.1, 0.15) is 42.7 Å². The summed E-state index contributed by atoms with van der Waals surface area (Å²) in [7, 11) is -5.03. The van der Waals surface area contributed by atoms with Gasteiger partial charge in [0, 0.05) is 13.0 Å². The minimum atomic E-state index is -5.03. The molecule has 59 heavy (non-hydrogen) atoms. The van der Waals surface area contributed by atoms with Crippen molar-refractivity contribution in [2.24, 2.45) is 0 Å². The van der Waals surface area contributed by atoms with E-state index in [1.54, 1.807) is 0 Å². The van der Waals surface area contributed by atoms with E-state index >= 15 is 0 Å². The molecule has 0 radical (unpaired) electrons. The quantitative estimate of drug-likeness (QED) is 0.0151. The van der Waals surface area contributed by atoms with Crippen molar-refractivity contribution < 1.29 is 58.3 Å². The molecular formula is C46H81O12P. The molecule has 342 valence electrons. The van der Waals surface area contributed by atoms with Crippen LogP contribution in [-0.2, 0) is 27.9 Å². The Kier molecular flexibility index (Phi) is 34.2. The maximum atomic E-state index is 12.8. The summed E-state index contributed by atoms with van der Waals surface area (Å²) < 4.78 is 34.1. The van der Waals surface area contributed by atoms with E-state index in [4.69, 9.17) is 18.5 Å². The number of hydrogen-bond donors (Lipinski definition) is 6. The molecular weight excluding hydrogens is 775 g/mol. The molecule has 6 N–H and O–H groups in total. The summed E-state index contributed by atoms with van der Waals surface area (Å²) in [5.74, 6) is -0.500. The first kappa shape index (κ1) is 55.1. The Morgan fingerprint density at radius 1 is 0.559 bits per heavy atom. The van der Waals surface area contributed by atoms with Crippen molar-refractivity contribution in [3.63, 3.8) is 0 Å². The molecule has 1 rings (SSSR count). The molecule has 1 aliphatic rings. The monoisotopic (exact) mass is 857 g/mol. The minimum absolute atomic E-state index is 0.104. The van der Waals surface area contributed by atoms with Gasteiger partial charge in [-0.15, -0.1) is 0 Å². The van der Waals surface area contributed by atoms with Gasteiger partial charge in [-0.1, -0.05) is 139 Å². The molecule has 0 spiro atoms. The van der Waals surface area contributed by atoms with Crippen molar-refractivity contribution in [1.29, 1.82) is 0 Å². The van der Waals surface area contributed by atoms with Gasteiger partial charge in [-0.3, -0.25) is 13.8 Å². The van der Waals surface area contributed by atoms with Crippen LogP contribution in [0.4, 0.5) is 0 Å². The second-order valence-corrected chi connectivity index (χ2v) is 16.9. The molecule has 0 aromatic heterocycles. The van der Waals surface area contributed by atoms with Gasteiger partial charge in [-0.2, -0.15) is 0 Å². The molecule has 0 heterocycles. The molecule has 6 unspecified atom stereocenters. The van der Waals surface area contributed by atoms with Gasteiger partial charge < -0.3 is 39.9 Å². The topological polar surface area (TPSA) is 192 Å².